The lowest BCUT2D eigenvalue weighted by Gasteiger charge is -2.08. The van der Waals surface area contributed by atoms with Crippen LogP contribution in [0.15, 0.2) is 0 Å². The van der Waals surface area contributed by atoms with Crippen LogP contribution in [-0.2, 0) is 9.53 Å². The quantitative estimate of drug-likeness (QED) is 0.497. The van der Waals surface area contributed by atoms with Crippen molar-refractivity contribution in [1.29, 1.82) is 5.26 Å². The molecule has 0 aromatic carbocycles. The number of nitrogens with zero attached hydrogens (tertiary/aromatic N) is 2. The summed E-state index contributed by atoms with van der Waals surface area (Å²) in [7, 11) is 4.07. The van der Waals surface area contributed by atoms with Crippen LogP contribution >= 0.6 is 0 Å². The van der Waals surface area contributed by atoms with Crippen LogP contribution in [-0.4, -0.2) is 38.1 Å². The third-order valence-corrected chi connectivity index (χ3v) is 1.30. The molecule has 0 aromatic heterocycles. The molecule has 0 radical (unpaired) electrons. The van der Waals surface area contributed by atoms with Crippen molar-refractivity contribution in [2.24, 2.45) is 0 Å². The monoisotopic (exact) mass is 200 g/mol. The van der Waals surface area contributed by atoms with E-state index in [1.165, 1.54) is 13.8 Å². The van der Waals surface area contributed by atoms with Crippen molar-refractivity contribution in [3.63, 3.8) is 0 Å². The van der Waals surface area contributed by atoms with Gasteiger partial charge in [-0.1, -0.05) is 0 Å². The van der Waals surface area contributed by atoms with Gasteiger partial charge in [-0.15, -0.1) is 0 Å². The molecule has 0 aliphatic carbocycles. The molecule has 0 aromatic rings. The van der Waals surface area contributed by atoms with Crippen molar-refractivity contribution in [2.75, 3.05) is 27.2 Å². The maximum atomic E-state index is 10.3. The van der Waals surface area contributed by atoms with Crippen molar-refractivity contribution in [3.8, 4) is 6.07 Å². The Morgan fingerprint density at radius 2 is 1.93 bits per heavy atom. The minimum absolute atomic E-state index is 0.185. The van der Waals surface area contributed by atoms with Gasteiger partial charge in [-0.05, 0) is 33.5 Å². The van der Waals surface area contributed by atoms with Gasteiger partial charge in [-0.2, -0.15) is 5.26 Å². The van der Waals surface area contributed by atoms with Gasteiger partial charge in [0.2, 0.25) is 0 Å². The fourth-order valence-electron chi connectivity index (χ4n) is 0.746. The van der Waals surface area contributed by atoms with Crippen LogP contribution in [0.25, 0.3) is 0 Å². The summed E-state index contributed by atoms with van der Waals surface area (Å²) in [6.45, 7) is 4.48. The van der Waals surface area contributed by atoms with E-state index < -0.39 is 0 Å². The van der Waals surface area contributed by atoms with E-state index in [9.17, 15) is 4.79 Å². The van der Waals surface area contributed by atoms with Crippen LogP contribution in [0.1, 0.15) is 26.7 Å². The zero-order chi connectivity index (χ0) is 11.4. The standard InChI is InChI=1S/C8H17NO2.C2H3N/c1-8(10)11-7-5-4-6-9(2)3;1-2-3/h4-7H2,1-3H3;1H3. The first-order valence-electron chi connectivity index (χ1n) is 4.63. The summed E-state index contributed by atoms with van der Waals surface area (Å²) in [5.74, 6) is -0.185. The Labute approximate surface area is 86.5 Å². The number of hydrogen-bond acceptors (Lipinski definition) is 4. The van der Waals surface area contributed by atoms with Gasteiger partial charge in [-0.25, -0.2) is 0 Å². The second kappa shape index (κ2) is 11.9. The van der Waals surface area contributed by atoms with Gasteiger partial charge < -0.3 is 9.64 Å². The molecule has 0 N–H and O–H groups in total. The number of carbonyl (C=O) groups is 1. The molecule has 4 heteroatoms. The molecule has 0 saturated carbocycles. The SMILES string of the molecule is CC#N.CC(=O)OCCCCN(C)C. The van der Waals surface area contributed by atoms with Crippen molar-refractivity contribution in [1.82, 2.24) is 4.90 Å². The zero-order valence-electron chi connectivity index (χ0n) is 9.54. The largest absolute Gasteiger partial charge is 0.466 e. The lowest BCUT2D eigenvalue weighted by molar-refractivity contribution is -0.141. The Hall–Kier alpha value is -1.08. The molecule has 4 nitrogen and oxygen atoms in total. The Morgan fingerprint density at radius 3 is 2.29 bits per heavy atom. The molecule has 14 heavy (non-hydrogen) atoms. The summed E-state index contributed by atoms with van der Waals surface area (Å²) >= 11 is 0. The summed E-state index contributed by atoms with van der Waals surface area (Å²) in [6.07, 6.45) is 2.04. The van der Waals surface area contributed by atoms with E-state index in [1.807, 2.05) is 14.1 Å². The second-order valence-corrected chi connectivity index (χ2v) is 3.07. The van der Waals surface area contributed by atoms with Crippen LogP contribution in [0.2, 0.25) is 0 Å². The number of carbonyl (C=O) groups excluding carboxylic acids is 1. The highest BCUT2D eigenvalue weighted by Gasteiger charge is 1.93. The van der Waals surface area contributed by atoms with E-state index in [0.717, 1.165) is 19.4 Å². The number of hydrogen-bond donors (Lipinski definition) is 0. The summed E-state index contributed by atoms with van der Waals surface area (Å²) in [5.41, 5.74) is 0. The van der Waals surface area contributed by atoms with Gasteiger partial charge in [0, 0.05) is 13.8 Å². The molecule has 0 unspecified atom stereocenters. The fraction of sp³-hybridized carbons (Fsp3) is 0.800. The minimum Gasteiger partial charge on any atom is -0.466 e. The normalized spacial score (nSPS) is 8.57. The lowest BCUT2D eigenvalue weighted by atomic mass is 10.3. The molecule has 0 fully saturated rings. The zero-order valence-corrected chi connectivity index (χ0v) is 9.54. The molecule has 0 aliphatic heterocycles. The molecule has 0 aliphatic rings. The summed E-state index contributed by atoms with van der Waals surface area (Å²) in [5, 5.41) is 7.32. The average Bonchev–Trinajstić information content (AvgIpc) is 2.04. The molecular weight excluding hydrogens is 180 g/mol. The van der Waals surface area contributed by atoms with Crippen molar-refractivity contribution in [3.05, 3.63) is 0 Å². The molecule has 0 spiro atoms. The van der Waals surface area contributed by atoms with Crippen molar-refractivity contribution < 1.29 is 9.53 Å². The van der Waals surface area contributed by atoms with E-state index in [2.05, 4.69) is 4.90 Å². The highest BCUT2D eigenvalue weighted by atomic mass is 16.5. The Bertz CT molecular complexity index is 173. The maximum absolute atomic E-state index is 10.3. The fourth-order valence-corrected chi connectivity index (χ4v) is 0.746. The smallest absolute Gasteiger partial charge is 0.302 e. The molecule has 0 amide bonds. The van der Waals surface area contributed by atoms with Gasteiger partial charge in [0.1, 0.15) is 0 Å². The molecule has 0 saturated heterocycles. The Morgan fingerprint density at radius 1 is 1.43 bits per heavy atom. The predicted octanol–water partition coefficient (Wildman–Crippen LogP) is 1.42. The molecular formula is C10H20N2O2. The maximum Gasteiger partial charge on any atom is 0.302 e. The molecule has 82 valence electrons. The van der Waals surface area contributed by atoms with Crippen molar-refractivity contribution in [2.45, 2.75) is 26.7 Å². The third-order valence-electron chi connectivity index (χ3n) is 1.30. The van der Waals surface area contributed by atoms with Gasteiger partial charge in [0.15, 0.2) is 0 Å². The summed E-state index contributed by atoms with van der Waals surface area (Å²) in [6, 6.07) is 1.75. The Kier molecular flexibility index (Phi) is 13.1. The number of ether oxygens (including phenoxy) is 1. The van der Waals surface area contributed by atoms with E-state index in [1.54, 1.807) is 6.07 Å². The van der Waals surface area contributed by atoms with Crippen LogP contribution in [0, 0.1) is 11.3 Å². The first-order chi connectivity index (χ1) is 6.54. The first-order valence-corrected chi connectivity index (χ1v) is 4.63. The highest BCUT2D eigenvalue weighted by Crippen LogP contribution is 1.91. The van der Waals surface area contributed by atoms with Crippen LogP contribution in [0.4, 0.5) is 0 Å². The number of esters is 1. The molecule has 0 rings (SSSR count). The summed E-state index contributed by atoms with van der Waals surface area (Å²) < 4.78 is 4.77. The highest BCUT2D eigenvalue weighted by molar-refractivity contribution is 5.65. The van der Waals surface area contributed by atoms with Gasteiger partial charge in [0.25, 0.3) is 0 Å². The lowest BCUT2D eigenvalue weighted by Crippen LogP contribution is -2.13. The molecule has 0 heterocycles. The number of unbranched alkanes of at least 4 members (excludes halogenated alkanes) is 1. The van der Waals surface area contributed by atoms with Crippen LogP contribution in [0.3, 0.4) is 0 Å². The predicted molar refractivity (Wildman–Crippen MR) is 55.7 cm³/mol. The van der Waals surface area contributed by atoms with E-state index in [-0.39, 0.29) is 5.97 Å². The minimum atomic E-state index is -0.185. The average molecular weight is 200 g/mol. The van der Waals surface area contributed by atoms with Gasteiger partial charge in [-0.3, -0.25) is 4.79 Å². The molecule has 0 atom stereocenters. The van der Waals surface area contributed by atoms with Crippen LogP contribution in [0.5, 0.6) is 0 Å². The van der Waals surface area contributed by atoms with E-state index >= 15 is 0 Å². The number of nitriles is 1. The summed E-state index contributed by atoms with van der Waals surface area (Å²) in [4.78, 5) is 12.4. The molecule has 0 bridgehead atoms. The van der Waals surface area contributed by atoms with E-state index in [0.29, 0.717) is 6.61 Å². The van der Waals surface area contributed by atoms with Gasteiger partial charge >= 0.3 is 5.97 Å². The van der Waals surface area contributed by atoms with Crippen molar-refractivity contribution >= 4 is 5.97 Å². The second-order valence-electron chi connectivity index (χ2n) is 3.07. The Balaban J connectivity index is 0. The number of rotatable bonds is 5. The van der Waals surface area contributed by atoms with Crippen LogP contribution < -0.4 is 0 Å². The third kappa shape index (κ3) is 22.4. The first kappa shape index (κ1) is 15.4. The topological polar surface area (TPSA) is 53.3 Å². The van der Waals surface area contributed by atoms with Gasteiger partial charge in [0.05, 0.1) is 12.7 Å². The van der Waals surface area contributed by atoms with E-state index in [4.69, 9.17) is 10.00 Å².